The minimum atomic E-state index is -4.56. The van der Waals surface area contributed by atoms with Gasteiger partial charge in [0.15, 0.2) is 6.61 Å². The summed E-state index contributed by atoms with van der Waals surface area (Å²) in [6, 6.07) is 9.88. The molecule has 4 rings (SSSR count). The van der Waals surface area contributed by atoms with E-state index in [-0.39, 0.29) is 40.6 Å². The quantitative estimate of drug-likeness (QED) is 0.497. The highest BCUT2D eigenvalue weighted by Crippen LogP contribution is 2.42. The van der Waals surface area contributed by atoms with Crippen LogP contribution in [0.1, 0.15) is 42.1 Å². The van der Waals surface area contributed by atoms with E-state index in [9.17, 15) is 32.3 Å². The number of fused-ring (bicyclic) bond motifs is 1. The Morgan fingerprint density at radius 1 is 1.03 bits per heavy atom. The van der Waals surface area contributed by atoms with Crippen LogP contribution in [-0.2, 0) is 25.3 Å². The van der Waals surface area contributed by atoms with E-state index in [0.717, 1.165) is 29.5 Å². The molecule has 1 N–H and O–H groups in total. The molecule has 2 aromatic carbocycles. The SMILES string of the molecule is C[C@@H]1CC[C@H]2C(=O)N(c3cccc(C(=O)OCC(=O)Nc4cccc(C(F)(F)F)c4)c3)C(=O)[C@@H]2C1. The Balaban J connectivity index is 1.39. The van der Waals surface area contributed by atoms with Crippen molar-refractivity contribution in [2.24, 2.45) is 17.8 Å². The number of alkyl halides is 3. The first-order chi connectivity index (χ1) is 16.5. The Kier molecular flexibility index (Phi) is 6.64. The van der Waals surface area contributed by atoms with Gasteiger partial charge < -0.3 is 10.1 Å². The molecule has 1 aliphatic heterocycles. The fraction of sp³-hybridized carbons (Fsp3) is 0.360. The van der Waals surface area contributed by atoms with Gasteiger partial charge in [0.05, 0.1) is 28.7 Å². The lowest BCUT2D eigenvalue weighted by Gasteiger charge is -2.25. The molecule has 3 amide bonds. The molecule has 0 unspecified atom stereocenters. The Morgan fingerprint density at radius 3 is 2.49 bits per heavy atom. The second kappa shape index (κ2) is 9.52. The topological polar surface area (TPSA) is 92.8 Å². The molecule has 0 bridgehead atoms. The molecule has 3 atom stereocenters. The molecule has 0 aromatic heterocycles. The number of benzene rings is 2. The maximum absolute atomic E-state index is 12.9. The third-order valence-electron chi connectivity index (χ3n) is 6.34. The molecule has 0 spiro atoms. The predicted molar refractivity (Wildman–Crippen MR) is 119 cm³/mol. The molecule has 10 heteroatoms. The summed E-state index contributed by atoms with van der Waals surface area (Å²) in [6.07, 6.45) is -2.39. The number of amides is 3. The maximum Gasteiger partial charge on any atom is 0.416 e. The Labute approximate surface area is 199 Å². The van der Waals surface area contributed by atoms with E-state index in [0.29, 0.717) is 18.8 Å². The number of anilines is 2. The van der Waals surface area contributed by atoms with Crippen LogP contribution in [0.15, 0.2) is 48.5 Å². The summed E-state index contributed by atoms with van der Waals surface area (Å²) in [5.41, 5.74) is -0.739. The highest BCUT2D eigenvalue weighted by molar-refractivity contribution is 6.22. The van der Waals surface area contributed by atoms with Crippen molar-refractivity contribution in [3.63, 3.8) is 0 Å². The van der Waals surface area contributed by atoms with Crippen molar-refractivity contribution < 1.29 is 37.1 Å². The molecule has 1 saturated heterocycles. The summed E-state index contributed by atoms with van der Waals surface area (Å²) in [5, 5.41) is 2.25. The number of carbonyl (C=O) groups is 4. The number of esters is 1. The molecule has 2 aliphatic rings. The molecule has 2 fully saturated rings. The van der Waals surface area contributed by atoms with Crippen molar-refractivity contribution in [1.82, 2.24) is 0 Å². The van der Waals surface area contributed by atoms with Crippen LogP contribution in [-0.4, -0.2) is 30.3 Å². The second-order valence-corrected chi connectivity index (χ2v) is 8.90. The van der Waals surface area contributed by atoms with Crippen LogP contribution in [0.3, 0.4) is 0 Å². The first-order valence-electron chi connectivity index (χ1n) is 11.2. The standard InChI is InChI=1S/C25H23F3N2O5/c1-14-8-9-19-20(10-14)23(33)30(22(19)32)18-7-2-4-15(11-18)24(34)35-13-21(31)29-17-6-3-5-16(12-17)25(26,27)28/h2-7,11-12,14,19-20H,8-10,13H2,1H3,(H,29,31)/t14-,19-,20-/m1/s1. The van der Waals surface area contributed by atoms with Crippen LogP contribution in [0.4, 0.5) is 24.5 Å². The number of hydrogen-bond acceptors (Lipinski definition) is 5. The zero-order valence-corrected chi connectivity index (χ0v) is 18.8. The van der Waals surface area contributed by atoms with Crippen molar-refractivity contribution in [2.75, 3.05) is 16.8 Å². The molecule has 1 saturated carbocycles. The van der Waals surface area contributed by atoms with E-state index in [1.807, 2.05) is 0 Å². The second-order valence-electron chi connectivity index (χ2n) is 8.90. The number of imide groups is 1. The average Bonchev–Trinajstić information content (AvgIpc) is 3.06. The number of carbonyl (C=O) groups excluding carboxylic acids is 4. The van der Waals surface area contributed by atoms with Gasteiger partial charge in [-0.3, -0.25) is 19.3 Å². The first kappa shape index (κ1) is 24.4. The number of halogens is 3. The maximum atomic E-state index is 12.9. The summed E-state index contributed by atoms with van der Waals surface area (Å²) in [5.74, 6) is -2.62. The largest absolute Gasteiger partial charge is 0.452 e. The van der Waals surface area contributed by atoms with Gasteiger partial charge in [-0.1, -0.05) is 19.1 Å². The molecule has 1 heterocycles. The monoisotopic (exact) mass is 488 g/mol. The Morgan fingerprint density at radius 2 is 1.74 bits per heavy atom. The van der Waals surface area contributed by atoms with E-state index in [4.69, 9.17) is 4.74 Å². The fourth-order valence-electron chi connectivity index (χ4n) is 4.60. The molecular formula is C25H23F3N2O5. The summed E-state index contributed by atoms with van der Waals surface area (Å²) in [4.78, 5) is 51.5. The van der Waals surface area contributed by atoms with E-state index >= 15 is 0 Å². The third-order valence-corrected chi connectivity index (χ3v) is 6.34. The van der Waals surface area contributed by atoms with Crippen LogP contribution in [0.2, 0.25) is 0 Å². The van der Waals surface area contributed by atoms with Gasteiger partial charge in [-0.15, -0.1) is 0 Å². The van der Waals surface area contributed by atoms with E-state index in [1.54, 1.807) is 6.07 Å². The average molecular weight is 488 g/mol. The molecule has 1 aliphatic carbocycles. The molecular weight excluding hydrogens is 465 g/mol. The van der Waals surface area contributed by atoms with Gasteiger partial charge in [0, 0.05) is 5.69 Å². The van der Waals surface area contributed by atoms with Crippen LogP contribution in [0.5, 0.6) is 0 Å². The Hall–Kier alpha value is -3.69. The van der Waals surface area contributed by atoms with E-state index < -0.39 is 30.2 Å². The van der Waals surface area contributed by atoms with Gasteiger partial charge in [-0.2, -0.15) is 13.2 Å². The predicted octanol–water partition coefficient (Wildman–Crippen LogP) is 4.43. The Bertz CT molecular complexity index is 1180. The third kappa shape index (κ3) is 5.21. The number of nitrogens with zero attached hydrogens (tertiary/aromatic N) is 1. The smallest absolute Gasteiger partial charge is 0.416 e. The van der Waals surface area contributed by atoms with Crippen molar-refractivity contribution in [3.05, 3.63) is 59.7 Å². The van der Waals surface area contributed by atoms with Gasteiger partial charge in [0.2, 0.25) is 11.8 Å². The number of ether oxygens (including phenoxy) is 1. The zero-order valence-electron chi connectivity index (χ0n) is 18.8. The van der Waals surface area contributed by atoms with Crippen molar-refractivity contribution >= 4 is 35.1 Å². The van der Waals surface area contributed by atoms with Crippen LogP contribution in [0, 0.1) is 17.8 Å². The number of nitrogens with one attached hydrogen (secondary N) is 1. The summed E-state index contributed by atoms with van der Waals surface area (Å²) in [7, 11) is 0. The van der Waals surface area contributed by atoms with Crippen LogP contribution < -0.4 is 10.2 Å². The van der Waals surface area contributed by atoms with Gasteiger partial charge in [-0.25, -0.2) is 4.79 Å². The molecule has 2 aromatic rings. The summed E-state index contributed by atoms with van der Waals surface area (Å²) in [6.45, 7) is 1.32. The lowest BCUT2D eigenvalue weighted by Crippen LogP contribution is -2.31. The van der Waals surface area contributed by atoms with Crippen molar-refractivity contribution in [3.8, 4) is 0 Å². The van der Waals surface area contributed by atoms with Crippen LogP contribution in [0.25, 0.3) is 0 Å². The van der Waals surface area contributed by atoms with Gasteiger partial charge >= 0.3 is 12.1 Å². The summed E-state index contributed by atoms with van der Waals surface area (Å²) < 4.78 is 43.4. The molecule has 0 radical (unpaired) electrons. The highest BCUT2D eigenvalue weighted by Gasteiger charge is 2.50. The minimum Gasteiger partial charge on any atom is -0.452 e. The van der Waals surface area contributed by atoms with Crippen molar-refractivity contribution in [2.45, 2.75) is 32.4 Å². The summed E-state index contributed by atoms with van der Waals surface area (Å²) >= 11 is 0. The molecule has 7 nitrogen and oxygen atoms in total. The van der Waals surface area contributed by atoms with Crippen LogP contribution >= 0.6 is 0 Å². The molecule has 184 valence electrons. The number of hydrogen-bond donors (Lipinski definition) is 1. The van der Waals surface area contributed by atoms with Crippen molar-refractivity contribution in [1.29, 1.82) is 0 Å². The normalized spacial score (nSPS) is 22.1. The fourth-order valence-corrected chi connectivity index (χ4v) is 4.60. The highest BCUT2D eigenvalue weighted by atomic mass is 19.4. The lowest BCUT2D eigenvalue weighted by atomic mass is 9.76. The van der Waals surface area contributed by atoms with E-state index in [2.05, 4.69) is 12.2 Å². The van der Waals surface area contributed by atoms with Gasteiger partial charge in [0.1, 0.15) is 0 Å². The first-order valence-corrected chi connectivity index (χ1v) is 11.2. The zero-order chi connectivity index (χ0) is 25.3. The van der Waals surface area contributed by atoms with E-state index in [1.165, 1.54) is 24.3 Å². The number of rotatable bonds is 5. The van der Waals surface area contributed by atoms with Gasteiger partial charge in [0.25, 0.3) is 5.91 Å². The van der Waals surface area contributed by atoms with Gasteiger partial charge in [-0.05, 0) is 61.6 Å². The lowest BCUT2D eigenvalue weighted by molar-refractivity contribution is -0.137. The minimum absolute atomic E-state index is 0.0261. The molecule has 35 heavy (non-hydrogen) atoms.